The predicted molar refractivity (Wildman–Crippen MR) is 145 cm³/mol. The number of rotatable bonds is 9. The summed E-state index contributed by atoms with van der Waals surface area (Å²) in [5.74, 6) is 1.84. The third kappa shape index (κ3) is 6.09. The van der Waals surface area contributed by atoms with Crippen LogP contribution in [0.2, 0.25) is 0 Å². The van der Waals surface area contributed by atoms with Crippen LogP contribution in [0.15, 0.2) is 36.4 Å². The van der Waals surface area contributed by atoms with E-state index in [1.165, 1.54) is 23.3 Å². The number of unbranched alkanes of at least 4 members (excludes halogenated alkanes) is 1. The van der Waals surface area contributed by atoms with Crippen molar-refractivity contribution in [1.82, 2.24) is 9.88 Å². The Morgan fingerprint density at radius 3 is 2.79 bits per heavy atom. The van der Waals surface area contributed by atoms with Gasteiger partial charge in [0.25, 0.3) is 0 Å². The van der Waals surface area contributed by atoms with E-state index in [9.17, 15) is 9.18 Å². The van der Waals surface area contributed by atoms with Crippen molar-refractivity contribution >= 4 is 16.8 Å². The van der Waals surface area contributed by atoms with Crippen LogP contribution in [0.4, 0.5) is 4.39 Å². The SMILES string of the molecule is CCCCOc1c(C)c(COc2ccc3c(c2)CCN(C(=O)CC2CCOCC2)C3)nc2ccc(F)cc12. The van der Waals surface area contributed by atoms with Gasteiger partial charge in [0.1, 0.15) is 23.9 Å². The van der Waals surface area contributed by atoms with E-state index in [1.54, 1.807) is 6.07 Å². The first kappa shape index (κ1) is 26.4. The molecule has 2 aromatic carbocycles. The second-order valence-corrected chi connectivity index (χ2v) is 10.4. The summed E-state index contributed by atoms with van der Waals surface area (Å²) < 4.78 is 31.7. The fourth-order valence-corrected chi connectivity index (χ4v) is 5.31. The molecule has 2 aliphatic heterocycles. The van der Waals surface area contributed by atoms with E-state index in [0.29, 0.717) is 42.1 Å². The Balaban J connectivity index is 1.26. The van der Waals surface area contributed by atoms with Crippen molar-refractivity contribution in [2.75, 3.05) is 26.4 Å². The van der Waals surface area contributed by atoms with Crippen LogP contribution in [0, 0.1) is 18.7 Å². The molecule has 0 spiro atoms. The topological polar surface area (TPSA) is 60.9 Å². The molecule has 0 aliphatic carbocycles. The van der Waals surface area contributed by atoms with Crippen molar-refractivity contribution in [1.29, 1.82) is 0 Å². The van der Waals surface area contributed by atoms with E-state index < -0.39 is 0 Å². The first-order valence-corrected chi connectivity index (χ1v) is 13.8. The Kier molecular flexibility index (Phi) is 8.42. The number of hydrogen-bond donors (Lipinski definition) is 0. The lowest BCUT2D eigenvalue weighted by atomic mass is 9.94. The lowest BCUT2D eigenvalue weighted by Gasteiger charge is -2.31. The molecular formula is C31H37FN2O4. The van der Waals surface area contributed by atoms with Crippen LogP contribution in [-0.2, 0) is 29.1 Å². The molecule has 1 fully saturated rings. The molecule has 202 valence electrons. The van der Waals surface area contributed by atoms with Gasteiger partial charge in [-0.3, -0.25) is 4.79 Å². The molecule has 7 heteroatoms. The molecule has 0 atom stereocenters. The highest BCUT2D eigenvalue weighted by molar-refractivity contribution is 5.86. The molecule has 1 saturated heterocycles. The zero-order valence-electron chi connectivity index (χ0n) is 22.4. The van der Waals surface area contributed by atoms with Crippen molar-refractivity contribution in [2.45, 2.75) is 65.5 Å². The van der Waals surface area contributed by atoms with Crippen LogP contribution in [0.3, 0.4) is 0 Å². The van der Waals surface area contributed by atoms with Gasteiger partial charge in [0.15, 0.2) is 0 Å². The molecule has 0 bridgehead atoms. The number of aromatic nitrogens is 1. The van der Waals surface area contributed by atoms with E-state index in [1.807, 2.05) is 17.9 Å². The fourth-order valence-electron chi connectivity index (χ4n) is 5.31. The number of carbonyl (C=O) groups is 1. The van der Waals surface area contributed by atoms with Crippen LogP contribution in [0.5, 0.6) is 11.5 Å². The molecule has 0 N–H and O–H groups in total. The van der Waals surface area contributed by atoms with Crippen molar-refractivity contribution in [3.8, 4) is 11.5 Å². The molecule has 5 rings (SSSR count). The van der Waals surface area contributed by atoms with Crippen LogP contribution in [0.1, 0.15) is 61.4 Å². The zero-order chi connectivity index (χ0) is 26.5. The molecule has 38 heavy (non-hydrogen) atoms. The molecule has 0 unspecified atom stereocenters. The number of benzene rings is 2. The van der Waals surface area contributed by atoms with E-state index in [2.05, 4.69) is 19.1 Å². The number of fused-ring (bicyclic) bond motifs is 2. The summed E-state index contributed by atoms with van der Waals surface area (Å²) in [6.45, 7) is 7.85. The standard InChI is InChI=1S/C31H37FN2O4/c1-3-4-13-37-31-21(2)29(33-28-8-6-25(32)18-27(28)31)20-38-26-7-5-24-19-34(12-9-23(24)17-26)30(35)16-22-10-14-36-15-11-22/h5-8,17-18,22H,3-4,9-16,19-20H2,1-2H3. The normalized spacial score (nSPS) is 15.9. The van der Waals surface area contributed by atoms with Gasteiger partial charge in [0.2, 0.25) is 5.91 Å². The molecule has 2 aliphatic rings. The van der Waals surface area contributed by atoms with Gasteiger partial charge in [-0.25, -0.2) is 9.37 Å². The maximum atomic E-state index is 14.0. The molecule has 3 heterocycles. The first-order valence-electron chi connectivity index (χ1n) is 13.8. The van der Waals surface area contributed by atoms with E-state index >= 15 is 0 Å². The Labute approximate surface area is 224 Å². The van der Waals surface area contributed by atoms with E-state index in [0.717, 1.165) is 68.9 Å². The molecule has 0 saturated carbocycles. The Morgan fingerprint density at radius 1 is 1.13 bits per heavy atom. The van der Waals surface area contributed by atoms with Crippen LogP contribution in [-0.4, -0.2) is 42.2 Å². The third-order valence-corrected chi connectivity index (χ3v) is 7.70. The predicted octanol–water partition coefficient (Wildman–Crippen LogP) is 6.14. The molecule has 1 amide bonds. The fraction of sp³-hybridized carbons (Fsp3) is 0.484. The first-order chi connectivity index (χ1) is 18.5. The van der Waals surface area contributed by atoms with Crippen molar-refractivity contribution in [2.24, 2.45) is 5.92 Å². The summed E-state index contributed by atoms with van der Waals surface area (Å²) in [5, 5.41) is 0.687. The number of hydrogen-bond acceptors (Lipinski definition) is 5. The number of carbonyl (C=O) groups excluding carboxylic acids is 1. The minimum atomic E-state index is -0.305. The Morgan fingerprint density at radius 2 is 1.97 bits per heavy atom. The maximum Gasteiger partial charge on any atom is 0.223 e. The number of nitrogens with zero attached hydrogens (tertiary/aromatic N) is 2. The summed E-state index contributed by atoms with van der Waals surface area (Å²) in [6.07, 6.45) is 5.34. The van der Waals surface area contributed by atoms with Crippen molar-refractivity contribution < 1.29 is 23.4 Å². The minimum Gasteiger partial charge on any atom is -0.493 e. The Bertz CT molecular complexity index is 1290. The zero-order valence-corrected chi connectivity index (χ0v) is 22.4. The minimum absolute atomic E-state index is 0.248. The summed E-state index contributed by atoms with van der Waals surface area (Å²) in [6, 6.07) is 10.7. The molecule has 0 radical (unpaired) electrons. The highest BCUT2D eigenvalue weighted by atomic mass is 19.1. The smallest absolute Gasteiger partial charge is 0.223 e. The second-order valence-electron chi connectivity index (χ2n) is 10.4. The number of amides is 1. The van der Waals surface area contributed by atoms with Crippen LogP contribution >= 0.6 is 0 Å². The molecule has 6 nitrogen and oxygen atoms in total. The van der Waals surface area contributed by atoms with Gasteiger partial charge in [0.05, 0.1) is 17.8 Å². The van der Waals surface area contributed by atoms with Gasteiger partial charge in [0, 0.05) is 43.7 Å². The lowest BCUT2D eigenvalue weighted by molar-refractivity contribution is -0.133. The average molecular weight is 521 g/mol. The van der Waals surface area contributed by atoms with Gasteiger partial charge >= 0.3 is 0 Å². The monoisotopic (exact) mass is 520 g/mol. The molecule has 3 aromatic rings. The van der Waals surface area contributed by atoms with Crippen molar-refractivity contribution in [3.63, 3.8) is 0 Å². The second kappa shape index (κ2) is 12.1. The van der Waals surface area contributed by atoms with Gasteiger partial charge in [-0.1, -0.05) is 19.4 Å². The summed E-state index contributed by atoms with van der Waals surface area (Å²) in [4.78, 5) is 19.6. The summed E-state index contributed by atoms with van der Waals surface area (Å²) >= 11 is 0. The number of halogens is 1. The quantitative estimate of drug-likeness (QED) is 0.317. The lowest BCUT2D eigenvalue weighted by Crippen LogP contribution is -2.37. The highest BCUT2D eigenvalue weighted by Crippen LogP contribution is 2.32. The largest absolute Gasteiger partial charge is 0.493 e. The third-order valence-electron chi connectivity index (χ3n) is 7.70. The van der Waals surface area contributed by atoms with E-state index in [-0.39, 0.29) is 18.3 Å². The van der Waals surface area contributed by atoms with Crippen LogP contribution < -0.4 is 9.47 Å². The molecule has 1 aromatic heterocycles. The maximum absolute atomic E-state index is 14.0. The average Bonchev–Trinajstić information content (AvgIpc) is 2.93. The van der Waals surface area contributed by atoms with Crippen LogP contribution in [0.25, 0.3) is 10.9 Å². The van der Waals surface area contributed by atoms with Gasteiger partial charge < -0.3 is 19.1 Å². The van der Waals surface area contributed by atoms with Gasteiger partial charge in [-0.05, 0) is 80.0 Å². The summed E-state index contributed by atoms with van der Waals surface area (Å²) in [7, 11) is 0. The van der Waals surface area contributed by atoms with Crippen molar-refractivity contribution in [3.05, 3.63) is 64.6 Å². The van der Waals surface area contributed by atoms with Gasteiger partial charge in [-0.15, -0.1) is 0 Å². The number of ether oxygens (including phenoxy) is 3. The highest BCUT2D eigenvalue weighted by Gasteiger charge is 2.25. The Hall–Kier alpha value is -3.19. The summed E-state index contributed by atoms with van der Waals surface area (Å²) in [5.41, 5.74) is 4.74. The van der Waals surface area contributed by atoms with E-state index in [4.69, 9.17) is 19.2 Å². The number of pyridine rings is 1. The van der Waals surface area contributed by atoms with Gasteiger partial charge in [-0.2, -0.15) is 0 Å². The molecular weight excluding hydrogens is 483 g/mol.